The van der Waals surface area contributed by atoms with Crippen molar-refractivity contribution >= 4 is 18.0 Å². The maximum atomic E-state index is 12.2. The Kier molecular flexibility index (Phi) is 2.14. The summed E-state index contributed by atoms with van der Waals surface area (Å²) in [6.07, 6.45) is 5.44. The quantitative estimate of drug-likeness (QED) is 0.662. The molecule has 0 saturated heterocycles. The largest absolute Gasteiger partial charge is 0.271 e. The molecule has 1 unspecified atom stereocenters. The molecular formula is C13H12N3O+. The number of rotatable bonds is 1. The molecule has 1 amide bonds. The maximum Gasteiger partial charge on any atom is 0.262 e. The van der Waals surface area contributed by atoms with Crippen LogP contribution in [0.2, 0.25) is 0 Å². The van der Waals surface area contributed by atoms with Gasteiger partial charge in [0.05, 0.1) is 6.20 Å². The zero-order chi connectivity index (χ0) is 11.8. The summed E-state index contributed by atoms with van der Waals surface area (Å²) in [5.74, 6) is 0.709. The van der Waals surface area contributed by atoms with Gasteiger partial charge < -0.3 is 0 Å². The molecule has 0 fully saturated rings. The molecular weight excluding hydrogens is 214 g/mol. The predicted molar refractivity (Wildman–Crippen MR) is 64.9 cm³/mol. The minimum absolute atomic E-state index is 0.00630. The van der Waals surface area contributed by atoms with Crippen LogP contribution in [0.3, 0.4) is 0 Å². The highest BCUT2D eigenvalue weighted by molar-refractivity contribution is 6.34. The van der Waals surface area contributed by atoms with Crippen LogP contribution in [-0.2, 0) is 4.79 Å². The molecule has 3 rings (SSSR count). The number of nitrogens with zero attached hydrogens (tertiary/aromatic N) is 3. The molecule has 4 heteroatoms. The van der Waals surface area contributed by atoms with E-state index in [2.05, 4.69) is 4.99 Å². The second-order valence-electron chi connectivity index (χ2n) is 4.10. The predicted octanol–water partition coefficient (Wildman–Crippen LogP) is 1.17. The summed E-state index contributed by atoms with van der Waals surface area (Å²) < 4.78 is 1.88. The van der Waals surface area contributed by atoms with Gasteiger partial charge in [0.15, 0.2) is 12.2 Å². The maximum absolute atomic E-state index is 12.2. The van der Waals surface area contributed by atoms with Crippen molar-refractivity contribution in [2.75, 3.05) is 7.05 Å². The molecule has 2 heterocycles. The lowest BCUT2D eigenvalue weighted by Crippen LogP contribution is -2.33. The lowest BCUT2D eigenvalue weighted by Gasteiger charge is -2.12. The Hall–Kier alpha value is -2.23. The number of amides is 1. The van der Waals surface area contributed by atoms with Gasteiger partial charge in [-0.2, -0.15) is 0 Å². The second-order valence-corrected chi connectivity index (χ2v) is 4.10. The highest BCUT2D eigenvalue weighted by Gasteiger charge is 2.36. The van der Waals surface area contributed by atoms with Gasteiger partial charge in [-0.25, -0.2) is 9.57 Å². The molecule has 0 aromatic heterocycles. The number of hydrogen-bond donors (Lipinski definition) is 0. The van der Waals surface area contributed by atoms with Gasteiger partial charge >= 0.3 is 0 Å². The van der Waals surface area contributed by atoms with E-state index in [1.807, 2.05) is 54.4 Å². The zero-order valence-corrected chi connectivity index (χ0v) is 9.45. The standard InChI is InChI=1S/C13H12N3O/c1-15-7-8-16-11(9-15)14-12(13(16)17)10-5-3-2-4-6-10/h2-9,12H,1H3/q+1. The van der Waals surface area contributed by atoms with E-state index in [4.69, 9.17) is 0 Å². The van der Waals surface area contributed by atoms with Gasteiger partial charge in [-0.1, -0.05) is 30.3 Å². The lowest BCUT2D eigenvalue weighted by atomic mass is 10.1. The van der Waals surface area contributed by atoms with Crippen LogP contribution in [0.4, 0.5) is 0 Å². The molecule has 0 bridgehead atoms. The molecule has 4 nitrogen and oxygen atoms in total. The van der Waals surface area contributed by atoms with Gasteiger partial charge in [-0.15, -0.1) is 0 Å². The fourth-order valence-corrected chi connectivity index (χ4v) is 1.99. The van der Waals surface area contributed by atoms with Crippen LogP contribution < -0.4 is 0 Å². The summed E-state index contributed by atoms with van der Waals surface area (Å²) in [7, 11) is 1.91. The minimum Gasteiger partial charge on any atom is -0.271 e. The molecule has 0 spiro atoms. The van der Waals surface area contributed by atoms with Crippen LogP contribution in [-0.4, -0.2) is 34.5 Å². The summed E-state index contributed by atoms with van der Waals surface area (Å²) in [5, 5.41) is 0. The van der Waals surface area contributed by atoms with Gasteiger partial charge in [0.25, 0.3) is 5.91 Å². The van der Waals surface area contributed by atoms with E-state index >= 15 is 0 Å². The van der Waals surface area contributed by atoms with Crippen molar-refractivity contribution in [3.63, 3.8) is 0 Å². The number of amidine groups is 1. The van der Waals surface area contributed by atoms with Gasteiger partial charge in [0, 0.05) is 0 Å². The summed E-state index contributed by atoms with van der Waals surface area (Å²) >= 11 is 0. The number of fused-ring (bicyclic) bond motifs is 1. The summed E-state index contributed by atoms with van der Waals surface area (Å²) in [6.45, 7) is 0. The van der Waals surface area contributed by atoms with Crippen molar-refractivity contribution in [1.29, 1.82) is 0 Å². The molecule has 2 aliphatic rings. The Bertz CT molecular complexity index is 557. The fraction of sp³-hybridized carbons (Fsp3) is 0.154. The molecule has 17 heavy (non-hydrogen) atoms. The molecule has 1 aromatic rings. The molecule has 0 N–H and O–H groups in total. The highest BCUT2D eigenvalue weighted by Crippen LogP contribution is 2.26. The van der Waals surface area contributed by atoms with Crippen LogP contribution in [0.15, 0.2) is 47.7 Å². The fourth-order valence-electron chi connectivity index (χ4n) is 1.99. The number of carbonyl (C=O) groups excluding carboxylic acids is 1. The average Bonchev–Trinajstić information content (AvgIpc) is 2.67. The number of hydrogen-bond acceptors (Lipinski definition) is 2. The summed E-state index contributed by atoms with van der Waals surface area (Å²) in [5.41, 5.74) is 0.934. The van der Waals surface area contributed by atoms with E-state index in [0.717, 1.165) is 5.56 Å². The Morgan fingerprint density at radius 2 is 2.06 bits per heavy atom. The molecule has 2 aliphatic heterocycles. The van der Waals surface area contributed by atoms with Crippen molar-refractivity contribution in [1.82, 2.24) is 4.90 Å². The Morgan fingerprint density at radius 3 is 2.82 bits per heavy atom. The van der Waals surface area contributed by atoms with Gasteiger partial charge in [-0.3, -0.25) is 9.69 Å². The molecule has 0 radical (unpaired) electrons. The second kappa shape index (κ2) is 3.66. The lowest BCUT2D eigenvalue weighted by molar-refractivity contribution is -0.417. The minimum atomic E-state index is -0.404. The normalized spacial score (nSPS) is 22.3. The third-order valence-corrected chi connectivity index (χ3v) is 2.86. The van der Waals surface area contributed by atoms with Crippen molar-refractivity contribution in [2.45, 2.75) is 6.04 Å². The van der Waals surface area contributed by atoms with Crippen molar-refractivity contribution in [3.05, 3.63) is 48.3 Å². The van der Waals surface area contributed by atoms with E-state index in [9.17, 15) is 4.79 Å². The Labute approximate surface area is 99.2 Å². The highest BCUT2D eigenvalue weighted by atomic mass is 16.2. The van der Waals surface area contributed by atoms with E-state index in [-0.39, 0.29) is 5.91 Å². The van der Waals surface area contributed by atoms with Crippen molar-refractivity contribution in [3.8, 4) is 0 Å². The van der Waals surface area contributed by atoms with Gasteiger partial charge in [0.2, 0.25) is 12.1 Å². The van der Waals surface area contributed by atoms with Crippen LogP contribution in [0, 0.1) is 0 Å². The first kappa shape index (κ1) is 9.96. The molecule has 84 valence electrons. The third kappa shape index (κ3) is 1.58. The first-order valence-corrected chi connectivity index (χ1v) is 5.46. The molecule has 0 aliphatic carbocycles. The zero-order valence-electron chi connectivity index (χ0n) is 9.45. The van der Waals surface area contributed by atoms with Crippen molar-refractivity contribution < 1.29 is 9.37 Å². The number of aliphatic imine (C=N–C) groups is 1. The molecule has 1 atom stereocenters. The molecule has 1 aromatic carbocycles. The SMILES string of the molecule is C[N+]1=CC2=NC(c3ccccc3)C(=O)N2C=C1. The van der Waals surface area contributed by atoms with E-state index < -0.39 is 6.04 Å². The Morgan fingerprint density at radius 1 is 1.29 bits per heavy atom. The molecule has 0 saturated carbocycles. The number of benzene rings is 1. The van der Waals surface area contributed by atoms with Crippen LogP contribution in [0.5, 0.6) is 0 Å². The van der Waals surface area contributed by atoms with E-state index in [0.29, 0.717) is 5.84 Å². The van der Waals surface area contributed by atoms with Crippen LogP contribution in [0.25, 0.3) is 0 Å². The monoisotopic (exact) mass is 226 g/mol. The first-order chi connectivity index (χ1) is 8.25. The summed E-state index contributed by atoms with van der Waals surface area (Å²) in [6, 6.07) is 9.23. The van der Waals surface area contributed by atoms with Gasteiger partial charge in [-0.05, 0) is 5.56 Å². The van der Waals surface area contributed by atoms with Crippen LogP contribution >= 0.6 is 0 Å². The Balaban J connectivity index is 2.01. The number of carbonyl (C=O) groups is 1. The smallest absolute Gasteiger partial charge is 0.262 e. The van der Waals surface area contributed by atoms with Crippen LogP contribution in [0.1, 0.15) is 11.6 Å². The topological polar surface area (TPSA) is 35.7 Å². The van der Waals surface area contributed by atoms with Gasteiger partial charge in [0.1, 0.15) is 7.05 Å². The van der Waals surface area contributed by atoms with E-state index in [1.54, 1.807) is 11.1 Å². The van der Waals surface area contributed by atoms with E-state index in [1.165, 1.54) is 0 Å². The summed E-state index contributed by atoms with van der Waals surface area (Å²) in [4.78, 5) is 18.2. The van der Waals surface area contributed by atoms with Crippen molar-refractivity contribution in [2.24, 2.45) is 4.99 Å². The third-order valence-electron chi connectivity index (χ3n) is 2.86. The first-order valence-electron chi connectivity index (χ1n) is 5.46. The average molecular weight is 226 g/mol.